The molecule has 0 bridgehead atoms. The zero-order valence-electron chi connectivity index (χ0n) is 21.2. The summed E-state index contributed by atoms with van der Waals surface area (Å²) in [7, 11) is 6.64. The molecule has 0 unspecified atom stereocenters. The summed E-state index contributed by atoms with van der Waals surface area (Å²) in [5, 5.41) is 2.82. The van der Waals surface area contributed by atoms with Crippen LogP contribution >= 0.6 is 31.5 Å². The van der Waals surface area contributed by atoms with Crippen molar-refractivity contribution in [1.82, 2.24) is 0 Å². The van der Waals surface area contributed by atoms with E-state index in [0.29, 0.717) is 0 Å². The van der Waals surface area contributed by atoms with Crippen molar-refractivity contribution >= 4 is 80.9 Å². The molecule has 8 heteroatoms. The molecule has 184 valence electrons. The molecular formula is C26H34Cl2FeN2SSi2. The first-order valence-electron chi connectivity index (χ1n) is 11.1. The first-order valence-corrected chi connectivity index (χ1v) is 22.0. The van der Waals surface area contributed by atoms with Crippen molar-refractivity contribution < 1.29 is 13.1 Å². The van der Waals surface area contributed by atoms with Gasteiger partial charge in [-0.15, -0.1) is 11.3 Å². The number of para-hydroxylation sites is 2. The van der Waals surface area contributed by atoms with Gasteiger partial charge in [-0.2, -0.15) is 0 Å². The third-order valence-electron chi connectivity index (χ3n) is 5.32. The minimum atomic E-state index is -1.44. The van der Waals surface area contributed by atoms with Gasteiger partial charge in [0.1, 0.15) is 0 Å². The van der Waals surface area contributed by atoms with Gasteiger partial charge in [0.05, 0.1) is 38.9 Å². The van der Waals surface area contributed by atoms with Crippen LogP contribution in [-0.2, 0) is 13.1 Å². The van der Waals surface area contributed by atoms with E-state index in [1.165, 1.54) is 20.1 Å². The zero-order valence-corrected chi connectivity index (χ0v) is 26.6. The van der Waals surface area contributed by atoms with Gasteiger partial charge in [-0.25, -0.2) is 0 Å². The molecule has 0 saturated heterocycles. The second kappa shape index (κ2) is 12.8. The third kappa shape index (κ3) is 8.30. The van der Waals surface area contributed by atoms with Gasteiger partial charge in [0, 0.05) is 9.75 Å². The number of rotatable bonds is 6. The Morgan fingerprint density at radius 3 is 1.29 bits per heavy atom. The summed E-state index contributed by atoms with van der Waals surface area (Å²) >= 11 is 1.97. The topological polar surface area (TPSA) is 24.7 Å². The minimum absolute atomic E-state index is 0.194. The summed E-state index contributed by atoms with van der Waals surface area (Å²) in [6, 6.07) is 21.6. The van der Waals surface area contributed by atoms with E-state index >= 15 is 0 Å². The molecule has 0 saturated carbocycles. The van der Waals surface area contributed by atoms with Gasteiger partial charge in [-0.1, -0.05) is 75.7 Å². The van der Waals surface area contributed by atoms with Crippen LogP contribution < -0.4 is 10.4 Å². The Hall–Kier alpha value is -0.987. The number of aliphatic imine (C=N–C) groups is 2. The summed E-state index contributed by atoms with van der Waals surface area (Å²) < 4.78 is 0. The van der Waals surface area contributed by atoms with Crippen LogP contribution in [0.2, 0.25) is 39.3 Å². The molecule has 2 nitrogen and oxygen atoms in total. The molecule has 0 radical (unpaired) electrons. The molecule has 0 amide bonds. The molecule has 3 rings (SSSR count). The fourth-order valence-corrected chi connectivity index (χ4v) is 7.51. The number of nitrogens with zero attached hydrogens (tertiary/aromatic N) is 2. The molecule has 0 N–H and O–H groups in total. The van der Waals surface area contributed by atoms with E-state index in [1.807, 2.05) is 0 Å². The number of benzene rings is 2. The molecule has 0 atom stereocenters. The molecule has 3 aromatic rings. The molecule has 0 aliphatic heterocycles. The Labute approximate surface area is 226 Å². The monoisotopic (exact) mass is 588 g/mol. The maximum atomic E-state index is 5.03. The van der Waals surface area contributed by atoms with E-state index in [0.717, 1.165) is 22.8 Å². The molecule has 2 aromatic carbocycles. The van der Waals surface area contributed by atoms with Crippen LogP contribution in [0, 0.1) is 0 Å². The Balaban J connectivity index is 0.00000129. The molecule has 0 spiro atoms. The van der Waals surface area contributed by atoms with Gasteiger partial charge < -0.3 is 0 Å². The maximum absolute atomic E-state index is 5.03. The molecule has 0 aliphatic carbocycles. The molecule has 0 aliphatic rings. The SMILES string of the molecule is CC(=Nc1ccccc1[Si](C)(C)C)c1ccc(C(C)=Nc2ccccc2[Si](C)(C)C)s1.[Cl][Fe][Cl]. The van der Waals surface area contributed by atoms with Crippen molar-refractivity contribution in [3.8, 4) is 0 Å². The Kier molecular flexibility index (Phi) is 11.0. The van der Waals surface area contributed by atoms with Crippen molar-refractivity contribution in [3.05, 3.63) is 70.4 Å². The first-order chi connectivity index (χ1) is 15.9. The van der Waals surface area contributed by atoms with E-state index in [2.05, 4.69) is 114 Å². The summed E-state index contributed by atoms with van der Waals surface area (Å²) in [5.74, 6) is 0. The number of thiophene rings is 1. The van der Waals surface area contributed by atoms with Gasteiger partial charge in [-0.3, -0.25) is 9.98 Å². The molecule has 1 heterocycles. The van der Waals surface area contributed by atoms with Crippen LogP contribution in [0.25, 0.3) is 0 Å². The van der Waals surface area contributed by atoms with Gasteiger partial charge in [0.25, 0.3) is 0 Å². The Morgan fingerprint density at radius 2 is 0.971 bits per heavy atom. The molecule has 34 heavy (non-hydrogen) atoms. The fourth-order valence-electron chi connectivity index (χ4n) is 3.61. The summed E-state index contributed by atoms with van der Waals surface area (Å²) in [6.45, 7) is 18.5. The van der Waals surface area contributed by atoms with Crippen LogP contribution in [-0.4, -0.2) is 27.6 Å². The van der Waals surface area contributed by atoms with E-state index in [-0.39, 0.29) is 13.1 Å². The van der Waals surface area contributed by atoms with Crippen LogP contribution in [0.5, 0.6) is 0 Å². The van der Waals surface area contributed by atoms with Crippen LogP contribution in [0.1, 0.15) is 23.6 Å². The quantitative estimate of drug-likeness (QED) is 0.204. The number of hydrogen-bond donors (Lipinski definition) is 0. The predicted molar refractivity (Wildman–Crippen MR) is 159 cm³/mol. The van der Waals surface area contributed by atoms with E-state index in [4.69, 9.17) is 30.2 Å². The summed E-state index contributed by atoms with van der Waals surface area (Å²) in [5.41, 5.74) is 4.36. The van der Waals surface area contributed by atoms with Gasteiger partial charge >= 0.3 is 33.3 Å². The van der Waals surface area contributed by atoms with Gasteiger partial charge in [0.15, 0.2) is 0 Å². The molecule has 1 aromatic heterocycles. The normalized spacial score (nSPS) is 13.0. The fraction of sp³-hybridized carbons (Fsp3) is 0.308. The number of halogens is 2. The summed E-state index contributed by atoms with van der Waals surface area (Å²) in [4.78, 5) is 12.5. The van der Waals surface area contributed by atoms with E-state index in [1.54, 1.807) is 11.3 Å². The van der Waals surface area contributed by atoms with Crippen molar-refractivity contribution in [3.63, 3.8) is 0 Å². The van der Waals surface area contributed by atoms with Gasteiger partial charge in [0.2, 0.25) is 0 Å². The average Bonchev–Trinajstić information content (AvgIpc) is 3.24. The second-order valence-electron chi connectivity index (χ2n) is 10.1. The van der Waals surface area contributed by atoms with Crippen molar-refractivity contribution in [2.45, 2.75) is 53.1 Å². The second-order valence-corrected chi connectivity index (χ2v) is 23.1. The van der Waals surface area contributed by atoms with Crippen LogP contribution in [0.15, 0.2) is 70.6 Å². The predicted octanol–water partition coefficient (Wildman–Crippen LogP) is 8.50. The zero-order chi connectivity index (χ0) is 25.5. The Morgan fingerprint density at radius 1 is 0.647 bits per heavy atom. The van der Waals surface area contributed by atoms with Gasteiger partial charge in [-0.05, 0) is 48.5 Å². The van der Waals surface area contributed by atoms with Crippen LogP contribution in [0.4, 0.5) is 11.4 Å². The molecule has 0 fully saturated rings. The molecular weight excluding hydrogens is 555 g/mol. The standard InChI is InChI=1S/C26H34N2SSi2.2ClH.Fe/c1-19(27-21-13-9-11-15-25(21)30(3,4)5)23-17-18-24(29-23)20(2)28-22-14-10-12-16-26(22)31(6,7)8;;;/h9-18H,1-8H3;2*1H;/q;;;+2/p-2. The Bertz CT molecular complexity index is 1070. The number of hydrogen-bond acceptors (Lipinski definition) is 3. The summed E-state index contributed by atoms with van der Waals surface area (Å²) in [6.07, 6.45) is 0. The third-order valence-corrected chi connectivity index (χ3v) is 10.7. The van der Waals surface area contributed by atoms with Crippen molar-refractivity contribution in [2.75, 3.05) is 0 Å². The van der Waals surface area contributed by atoms with E-state index < -0.39 is 16.1 Å². The van der Waals surface area contributed by atoms with E-state index in [9.17, 15) is 0 Å². The average molecular weight is 590 g/mol. The van der Waals surface area contributed by atoms with Crippen molar-refractivity contribution in [1.29, 1.82) is 0 Å². The van der Waals surface area contributed by atoms with Crippen molar-refractivity contribution in [2.24, 2.45) is 9.98 Å². The first kappa shape index (κ1) is 29.2. The van der Waals surface area contributed by atoms with Crippen LogP contribution in [0.3, 0.4) is 0 Å².